The van der Waals surface area contributed by atoms with Crippen molar-refractivity contribution in [2.45, 2.75) is 32.4 Å². The van der Waals surface area contributed by atoms with Crippen LogP contribution < -0.4 is 10.1 Å². The summed E-state index contributed by atoms with van der Waals surface area (Å²) in [5.41, 5.74) is 1.07. The molecule has 0 saturated heterocycles. The highest BCUT2D eigenvalue weighted by atomic mass is 79.9. The number of nitrogens with one attached hydrogen (secondary N) is 1. The first-order valence-corrected chi connectivity index (χ1v) is 7.15. The predicted molar refractivity (Wildman–Crippen MR) is 81.1 cm³/mol. The summed E-state index contributed by atoms with van der Waals surface area (Å²) in [5.74, 6) is 3.28. The fourth-order valence-electron chi connectivity index (χ4n) is 1.73. The van der Waals surface area contributed by atoms with E-state index in [0.29, 0.717) is 12.6 Å². The fraction of sp³-hybridized carbons (Fsp3) is 0.467. The van der Waals surface area contributed by atoms with E-state index in [1.54, 1.807) is 0 Å². The van der Waals surface area contributed by atoms with Gasteiger partial charge in [0.25, 0.3) is 0 Å². The van der Waals surface area contributed by atoms with Crippen LogP contribution in [0.25, 0.3) is 0 Å². The number of hydrogen-bond acceptors (Lipinski definition) is 3. The number of benzene rings is 1. The van der Waals surface area contributed by atoms with Gasteiger partial charge in [0.05, 0.1) is 0 Å². The molecule has 4 heteroatoms. The van der Waals surface area contributed by atoms with Gasteiger partial charge in [-0.25, -0.2) is 0 Å². The Bertz CT molecular complexity index is 429. The zero-order valence-corrected chi connectivity index (χ0v) is 12.7. The Hall–Kier alpha value is -1.02. The van der Waals surface area contributed by atoms with Crippen LogP contribution in [0.3, 0.4) is 0 Å². The van der Waals surface area contributed by atoms with E-state index in [4.69, 9.17) is 16.3 Å². The van der Waals surface area contributed by atoms with Crippen molar-refractivity contribution < 1.29 is 9.84 Å². The van der Waals surface area contributed by atoms with Crippen LogP contribution in [0.15, 0.2) is 22.7 Å². The van der Waals surface area contributed by atoms with Crippen LogP contribution in [-0.2, 0) is 6.54 Å². The molecule has 0 aliphatic heterocycles. The maximum Gasteiger partial charge on any atom is 0.148 e. The van der Waals surface area contributed by atoms with Crippen LogP contribution >= 0.6 is 15.9 Å². The zero-order valence-electron chi connectivity index (χ0n) is 11.2. The molecule has 104 valence electrons. The smallest absolute Gasteiger partial charge is 0.148 e. The lowest BCUT2D eigenvalue weighted by Crippen LogP contribution is -2.25. The second-order valence-corrected chi connectivity index (χ2v) is 5.31. The van der Waals surface area contributed by atoms with Gasteiger partial charge < -0.3 is 15.2 Å². The van der Waals surface area contributed by atoms with Crippen molar-refractivity contribution in [2.24, 2.45) is 0 Å². The Kier molecular flexibility index (Phi) is 7.57. The molecule has 0 radical (unpaired) electrons. The van der Waals surface area contributed by atoms with Crippen molar-refractivity contribution in [3.8, 4) is 18.1 Å². The second kappa shape index (κ2) is 8.98. The second-order valence-electron chi connectivity index (χ2n) is 4.39. The van der Waals surface area contributed by atoms with Gasteiger partial charge in [-0.1, -0.05) is 21.9 Å². The van der Waals surface area contributed by atoms with E-state index in [1.165, 1.54) is 0 Å². The number of ether oxygens (including phenoxy) is 1. The lowest BCUT2D eigenvalue weighted by atomic mass is 10.1. The summed E-state index contributed by atoms with van der Waals surface area (Å²) >= 11 is 3.46. The molecule has 0 bridgehead atoms. The summed E-state index contributed by atoms with van der Waals surface area (Å²) in [7, 11) is 0. The number of rotatable bonds is 8. The molecule has 0 amide bonds. The molecule has 0 aliphatic carbocycles. The topological polar surface area (TPSA) is 41.5 Å². The van der Waals surface area contributed by atoms with E-state index < -0.39 is 0 Å². The first kappa shape index (κ1) is 16.0. The average Bonchev–Trinajstić information content (AvgIpc) is 2.41. The maximum atomic E-state index is 8.81. The Morgan fingerprint density at radius 1 is 1.53 bits per heavy atom. The highest BCUT2D eigenvalue weighted by Crippen LogP contribution is 2.23. The fourth-order valence-corrected chi connectivity index (χ4v) is 2.14. The van der Waals surface area contributed by atoms with Crippen LogP contribution in [0.4, 0.5) is 0 Å². The maximum absolute atomic E-state index is 8.81. The highest BCUT2D eigenvalue weighted by molar-refractivity contribution is 9.10. The molecule has 0 spiro atoms. The van der Waals surface area contributed by atoms with Crippen LogP contribution in [0.2, 0.25) is 0 Å². The first-order valence-electron chi connectivity index (χ1n) is 6.36. The third kappa shape index (κ3) is 6.11. The lowest BCUT2D eigenvalue weighted by Gasteiger charge is -2.15. The molecule has 1 atom stereocenters. The van der Waals surface area contributed by atoms with Gasteiger partial charge >= 0.3 is 0 Å². The molecule has 0 fully saturated rings. The van der Waals surface area contributed by atoms with Gasteiger partial charge in [-0.2, -0.15) is 0 Å². The summed E-state index contributed by atoms with van der Waals surface area (Å²) in [6.45, 7) is 3.33. The summed E-state index contributed by atoms with van der Waals surface area (Å²) < 4.78 is 6.53. The normalized spacial score (nSPS) is 11.9. The van der Waals surface area contributed by atoms with E-state index >= 15 is 0 Å². The summed E-state index contributed by atoms with van der Waals surface area (Å²) in [5, 5.41) is 12.2. The zero-order chi connectivity index (χ0) is 14.1. The largest absolute Gasteiger partial charge is 0.481 e. The molecule has 1 aromatic rings. The Balaban J connectivity index is 2.60. The number of aliphatic hydroxyl groups is 1. The van der Waals surface area contributed by atoms with E-state index in [1.807, 2.05) is 18.2 Å². The van der Waals surface area contributed by atoms with Crippen molar-refractivity contribution in [1.82, 2.24) is 5.32 Å². The third-order valence-electron chi connectivity index (χ3n) is 2.77. The van der Waals surface area contributed by atoms with Crippen molar-refractivity contribution in [3.63, 3.8) is 0 Å². The predicted octanol–water partition coefficient (Wildman–Crippen LogP) is 2.71. The highest BCUT2D eigenvalue weighted by Gasteiger charge is 2.07. The van der Waals surface area contributed by atoms with Crippen molar-refractivity contribution in [2.75, 3.05) is 13.2 Å². The molecule has 3 nitrogen and oxygen atoms in total. The van der Waals surface area contributed by atoms with E-state index in [9.17, 15) is 0 Å². The third-order valence-corrected chi connectivity index (χ3v) is 3.26. The van der Waals surface area contributed by atoms with Crippen molar-refractivity contribution >= 4 is 15.9 Å². The molecule has 1 rings (SSSR count). The molecule has 1 aromatic carbocycles. The Morgan fingerprint density at radius 2 is 2.32 bits per heavy atom. The number of aliphatic hydroxyl groups excluding tert-OH is 1. The van der Waals surface area contributed by atoms with Crippen LogP contribution in [0.5, 0.6) is 5.75 Å². The number of hydrogen-bond donors (Lipinski definition) is 2. The molecule has 0 saturated carbocycles. The molecule has 0 aliphatic rings. The summed E-state index contributed by atoms with van der Waals surface area (Å²) in [4.78, 5) is 0. The average molecular weight is 326 g/mol. The molecular weight excluding hydrogens is 306 g/mol. The number of terminal acetylenes is 1. The molecule has 2 N–H and O–H groups in total. The van der Waals surface area contributed by atoms with Gasteiger partial charge in [-0.15, -0.1) is 6.42 Å². The van der Waals surface area contributed by atoms with Crippen molar-refractivity contribution in [3.05, 3.63) is 28.2 Å². The van der Waals surface area contributed by atoms with E-state index in [0.717, 1.165) is 28.6 Å². The van der Waals surface area contributed by atoms with Crippen LogP contribution in [0.1, 0.15) is 25.3 Å². The molecule has 0 heterocycles. The number of halogens is 1. The van der Waals surface area contributed by atoms with E-state index in [2.05, 4.69) is 34.1 Å². The lowest BCUT2D eigenvalue weighted by molar-refractivity contribution is 0.276. The minimum absolute atomic E-state index is 0.236. The van der Waals surface area contributed by atoms with E-state index in [-0.39, 0.29) is 13.2 Å². The minimum atomic E-state index is 0.236. The van der Waals surface area contributed by atoms with Gasteiger partial charge in [-0.3, -0.25) is 0 Å². The molecule has 0 aromatic heterocycles. The summed E-state index contributed by atoms with van der Waals surface area (Å²) in [6.07, 6.45) is 6.97. The SMILES string of the molecule is C#CCOc1ccc(Br)cc1CNC(C)CCCO. The molecule has 19 heavy (non-hydrogen) atoms. The van der Waals surface area contributed by atoms with Gasteiger partial charge in [0, 0.05) is 29.2 Å². The van der Waals surface area contributed by atoms with Crippen LogP contribution in [0, 0.1) is 12.3 Å². The monoisotopic (exact) mass is 325 g/mol. The first-order chi connectivity index (χ1) is 9.17. The van der Waals surface area contributed by atoms with Crippen molar-refractivity contribution in [1.29, 1.82) is 0 Å². The van der Waals surface area contributed by atoms with Gasteiger partial charge in [0.2, 0.25) is 0 Å². The Morgan fingerprint density at radius 3 is 3.00 bits per heavy atom. The molecule has 1 unspecified atom stereocenters. The Labute approximate surface area is 123 Å². The molecular formula is C15H20BrNO2. The van der Waals surface area contributed by atoms with Gasteiger partial charge in [-0.05, 0) is 38.0 Å². The van der Waals surface area contributed by atoms with Gasteiger partial charge in [0.1, 0.15) is 12.4 Å². The minimum Gasteiger partial charge on any atom is -0.481 e. The standard InChI is InChI=1S/C15H20BrNO2/c1-3-9-19-15-7-6-14(16)10-13(15)11-17-12(2)5-4-8-18/h1,6-7,10,12,17-18H,4-5,8-9,11H2,2H3. The summed E-state index contributed by atoms with van der Waals surface area (Å²) in [6, 6.07) is 6.23. The van der Waals surface area contributed by atoms with Gasteiger partial charge in [0.15, 0.2) is 0 Å². The quantitative estimate of drug-likeness (QED) is 0.722. The van der Waals surface area contributed by atoms with Crippen LogP contribution in [-0.4, -0.2) is 24.4 Å².